The lowest BCUT2D eigenvalue weighted by atomic mass is 10.3. The number of carbonyl (C=O) groups excluding carboxylic acids is 1. The average molecular weight is 440 g/mol. The van der Waals surface area contributed by atoms with Gasteiger partial charge in [-0.05, 0) is 52.9 Å². The van der Waals surface area contributed by atoms with Gasteiger partial charge in [0.15, 0.2) is 11.7 Å². The monoisotopic (exact) mass is 440 g/mol. The summed E-state index contributed by atoms with van der Waals surface area (Å²) in [4.78, 5) is 16.4. The minimum Gasteiger partial charge on any atom is -0.497 e. The number of aromatic nitrogens is 1. The van der Waals surface area contributed by atoms with Gasteiger partial charge < -0.3 is 9.47 Å². The first-order chi connectivity index (χ1) is 11.2. The molecule has 23 heavy (non-hydrogen) atoms. The predicted octanol–water partition coefficient (Wildman–Crippen LogP) is 3.93. The molecule has 7 heteroatoms. The number of carbonyl (C=O) groups is 1. The Balaban J connectivity index is 1.64. The number of nitrogens with one attached hydrogen (secondary N) is 1. The predicted molar refractivity (Wildman–Crippen MR) is 99.5 cm³/mol. The number of rotatable bonds is 5. The van der Waals surface area contributed by atoms with Crippen LogP contribution in [-0.4, -0.2) is 24.6 Å². The van der Waals surface area contributed by atoms with Gasteiger partial charge in [-0.3, -0.25) is 10.1 Å². The average Bonchev–Trinajstić information content (AvgIpc) is 2.95. The summed E-state index contributed by atoms with van der Waals surface area (Å²) in [6, 6.07) is 13.1. The third kappa shape index (κ3) is 3.91. The van der Waals surface area contributed by atoms with Gasteiger partial charge in [0.1, 0.15) is 11.5 Å². The summed E-state index contributed by atoms with van der Waals surface area (Å²) in [5.41, 5.74) is 0.824. The number of hydrogen-bond acceptors (Lipinski definition) is 5. The van der Waals surface area contributed by atoms with E-state index in [9.17, 15) is 4.79 Å². The molecule has 3 aromatic rings. The Morgan fingerprint density at radius 1 is 1.30 bits per heavy atom. The van der Waals surface area contributed by atoms with Crippen LogP contribution >= 0.6 is 33.9 Å². The minimum atomic E-state index is -0.240. The Bertz CT molecular complexity index is 850. The van der Waals surface area contributed by atoms with Crippen molar-refractivity contribution in [3.63, 3.8) is 0 Å². The first kappa shape index (κ1) is 16.0. The molecule has 0 bridgehead atoms. The van der Waals surface area contributed by atoms with Gasteiger partial charge in [-0.25, -0.2) is 4.98 Å². The quantitative estimate of drug-likeness (QED) is 0.611. The number of halogens is 1. The van der Waals surface area contributed by atoms with Crippen LogP contribution in [0.3, 0.4) is 0 Å². The zero-order valence-corrected chi connectivity index (χ0v) is 15.2. The molecule has 1 heterocycles. The fourth-order valence-corrected chi connectivity index (χ4v) is 3.40. The topological polar surface area (TPSA) is 60.5 Å². The van der Waals surface area contributed by atoms with Crippen LogP contribution in [0.1, 0.15) is 0 Å². The number of amides is 1. The molecule has 5 nitrogen and oxygen atoms in total. The molecule has 0 radical (unpaired) electrons. The number of fused-ring (bicyclic) bond motifs is 1. The maximum Gasteiger partial charge on any atom is 0.264 e. The SMILES string of the molecule is COc1ccc2nc(NC(=O)COc3ccccc3I)sc2c1. The Labute approximate surface area is 150 Å². The maximum absolute atomic E-state index is 12.0. The zero-order valence-electron chi connectivity index (χ0n) is 12.2. The lowest BCUT2D eigenvalue weighted by Crippen LogP contribution is -2.20. The van der Waals surface area contributed by atoms with Crippen LogP contribution in [0.2, 0.25) is 0 Å². The number of nitrogens with zero attached hydrogens (tertiary/aromatic N) is 1. The minimum absolute atomic E-state index is 0.0563. The summed E-state index contributed by atoms with van der Waals surface area (Å²) >= 11 is 3.57. The Hall–Kier alpha value is -1.87. The number of hydrogen-bond donors (Lipinski definition) is 1. The van der Waals surface area contributed by atoms with Gasteiger partial charge in [0.25, 0.3) is 5.91 Å². The van der Waals surface area contributed by atoms with E-state index in [2.05, 4.69) is 32.9 Å². The van der Waals surface area contributed by atoms with Gasteiger partial charge in [-0.1, -0.05) is 23.5 Å². The van der Waals surface area contributed by atoms with E-state index in [-0.39, 0.29) is 12.5 Å². The molecule has 0 unspecified atom stereocenters. The number of anilines is 1. The Kier molecular flexibility index (Phi) is 4.97. The standard InChI is InChI=1S/C16H13IN2O3S/c1-21-10-6-7-12-14(8-10)23-16(18-12)19-15(20)9-22-13-5-3-2-4-11(13)17/h2-8H,9H2,1H3,(H,18,19,20). The van der Waals surface area contributed by atoms with Crippen molar-refractivity contribution >= 4 is 55.2 Å². The van der Waals surface area contributed by atoms with E-state index < -0.39 is 0 Å². The molecule has 0 aliphatic heterocycles. The van der Waals surface area contributed by atoms with Gasteiger partial charge in [-0.15, -0.1) is 0 Å². The number of thiazole rings is 1. The summed E-state index contributed by atoms with van der Waals surface area (Å²) < 4.78 is 12.6. The molecule has 1 aromatic heterocycles. The van der Waals surface area contributed by atoms with E-state index in [4.69, 9.17) is 9.47 Å². The fraction of sp³-hybridized carbons (Fsp3) is 0.125. The number of ether oxygens (including phenoxy) is 2. The van der Waals surface area contributed by atoms with Crippen LogP contribution in [0.5, 0.6) is 11.5 Å². The number of methoxy groups -OCH3 is 1. The Morgan fingerprint density at radius 3 is 2.91 bits per heavy atom. The molecule has 1 N–H and O–H groups in total. The van der Waals surface area contributed by atoms with Gasteiger partial charge in [-0.2, -0.15) is 0 Å². The van der Waals surface area contributed by atoms with Crippen LogP contribution in [0.25, 0.3) is 10.2 Å². The second-order valence-electron chi connectivity index (χ2n) is 4.62. The van der Waals surface area contributed by atoms with E-state index in [0.717, 1.165) is 19.5 Å². The van der Waals surface area contributed by atoms with E-state index >= 15 is 0 Å². The van der Waals surface area contributed by atoms with Crippen molar-refractivity contribution in [1.29, 1.82) is 0 Å². The van der Waals surface area contributed by atoms with E-state index in [1.54, 1.807) is 7.11 Å². The van der Waals surface area contributed by atoms with Crippen LogP contribution in [0, 0.1) is 3.57 Å². The highest BCUT2D eigenvalue weighted by atomic mass is 127. The molecule has 0 atom stereocenters. The van der Waals surface area contributed by atoms with Crippen molar-refractivity contribution in [2.45, 2.75) is 0 Å². The van der Waals surface area contributed by atoms with Crippen molar-refractivity contribution in [3.8, 4) is 11.5 Å². The second-order valence-corrected chi connectivity index (χ2v) is 6.81. The molecule has 1 amide bonds. The van der Waals surface area contributed by atoms with Crippen LogP contribution in [0.4, 0.5) is 5.13 Å². The van der Waals surface area contributed by atoms with Crippen LogP contribution in [-0.2, 0) is 4.79 Å². The van der Waals surface area contributed by atoms with Gasteiger partial charge in [0.05, 0.1) is 20.9 Å². The van der Waals surface area contributed by atoms with E-state index in [1.165, 1.54) is 11.3 Å². The molecule has 0 fully saturated rings. The van der Waals surface area contributed by atoms with Crippen molar-refractivity contribution in [1.82, 2.24) is 4.98 Å². The van der Waals surface area contributed by atoms with E-state index in [1.807, 2.05) is 42.5 Å². The molecular formula is C16H13IN2O3S. The van der Waals surface area contributed by atoms with Gasteiger partial charge in [0.2, 0.25) is 0 Å². The number of para-hydroxylation sites is 1. The smallest absolute Gasteiger partial charge is 0.264 e. The first-order valence-electron chi connectivity index (χ1n) is 6.77. The van der Waals surface area contributed by atoms with Crippen LogP contribution < -0.4 is 14.8 Å². The molecule has 0 saturated carbocycles. The highest BCUT2D eigenvalue weighted by Gasteiger charge is 2.10. The molecule has 118 valence electrons. The zero-order chi connectivity index (χ0) is 16.2. The first-order valence-corrected chi connectivity index (χ1v) is 8.67. The van der Waals surface area contributed by atoms with Crippen molar-refractivity contribution in [2.24, 2.45) is 0 Å². The van der Waals surface area contributed by atoms with Crippen molar-refractivity contribution in [3.05, 3.63) is 46.0 Å². The summed E-state index contributed by atoms with van der Waals surface area (Å²) in [6.45, 7) is -0.0563. The summed E-state index contributed by atoms with van der Waals surface area (Å²) in [5.74, 6) is 1.22. The van der Waals surface area contributed by atoms with E-state index in [0.29, 0.717) is 10.9 Å². The molecule has 0 aliphatic rings. The summed E-state index contributed by atoms with van der Waals surface area (Å²) in [7, 11) is 1.62. The molecule has 0 saturated heterocycles. The van der Waals surface area contributed by atoms with Gasteiger partial charge >= 0.3 is 0 Å². The highest BCUT2D eigenvalue weighted by molar-refractivity contribution is 14.1. The molecule has 0 spiro atoms. The fourth-order valence-electron chi connectivity index (χ4n) is 1.95. The lowest BCUT2D eigenvalue weighted by Gasteiger charge is -2.07. The lowest BCUT2D eigenvalue weighted by molar-refractivity contribution is -0.118. The molecule has 2 aromatic carbocycles. The van der Waals surface area contributed by atoms with Crippen molar-refractivity contribution in [2.75, 3.05) is 19.0 Å². The summed E-state index contributed by atoms with van der Waals surface area (Å²) in [5, 5.41) is 3.30. The largest absolute Gasteiger partial charge is 0.497 e. The summed E-state index contributed by atoms with van der Waals surface area (Å²) in [6.07, 6.45) is 0. The normalized spacial score (nSPS) is 10.5. The third-order valence-electron chi connectivity index (χ3n) is 3.04. The highest BCUT2D eigenvalue weighted by Crippen LogP contribution is 2.29. The molecule has 3 rings (SSSR count). The Morgan fingerprint density at radius 2 is 2.13 bits per heavy atom. The van der Waals surface area contributed by atoms with Crippen molar-refractivity contribution < 1.29 is 14.3 Å². The number of benzene rings is 2. The molecular weight excluding hydrogens is 427 g/mol. The maximum atomic E-state index is 12.0. The van der Waals surface area contributed by atoms with Crippen LogP contribution in [0.15, 0.2) is 42.5 Å². The third-order valence-corrected chi connectivity index (χ3v) is 4.86. The van der Waals surface area contributed by atoms with Gasteiger partial charge in [0, 0.05) is 0 Å². The second kappa shape index (κ2) is 7.14. The molecule has 0 aliphatic carbocycles.